The molecule has 0 radical (unpaired) electrons. The van der Waals surface area contributed by atoms with Crippen LogP contribution in [0.4, 0.5) is 0 Å². The molecule has 0 unspecified atom stereocenters. The van der Waals surface area contributed by atoms with Gasteiger partial charge in [-0.15, -0.1) is 0 Å². The first-order chi connectivity index (χ1) is 5.42. The highest BCUT2D eigenvalue weighted by atomic mass is 16.1. The minimum absolute atomic E-state index is 0.130. The predicted molar refractivity (Wildman–Crippen MR) is 53.2 cm³/mol. The largest absolute Gasteiger partial charge is 0.299 e. The zero-order valence-corrected chi connectivity index (χ0v) is 9.11. The first-order valence-electron chi connectivity index (χ1n) is 4.96. The van der Waals surface area contributed by atoms with E-state index < -0.39 is 0 Å². The maximum Gasteiger partial charge on any atom is 0.138 e. The van der Waals surface area contributed by atoms with E-state index in [0.29, 0.717) is 11.7 Å². The van der Waals surface area contributed by atoms with Crippen molar-refractivity contribution in [2.45, 2.75) is 53.9 Å². The fourth-order valence-electron chi connectivity index (χ4n) is 0.981. The molecule has 72 valence electrons. The number of carbonyl (C=O) groups is 1. The Labute approximate surface area is 76.6 Å². The van der Waals surface area contributed by atoms with Gasteiger partial charge in [0.2, 0.25) is 0 Å². The van der Waals surface area contributed by atoms with Crippen LogP contribution < -0.4 is 0 Å². The predicted octanol–water partition coefficient (Wildman–Crippen LogP) is 3.43. The van der Waals surface area contributed by atoms with Crippen molar-refractivity contribution in [3.63, 3.8) is 0 Å². The quantitative estimate of drug-likeness (QED) is 0.618. The molecule has 1 heteroatoms. The lowest BCUT2D eigenvalue weighted by Crippen LogP contribution is -2.29. The number of unbranched alkanes of at least 4 members (excludes halogenated alkanes) is 1. The number of hydrogen-bond acceptors (Lipinski definition) is 1. The summed E-state index contributed by atoms with van der Waals surface area (Å²) in [5.74, 6) is 0.862. The Hall–Kier alpha value is -0.330. The Bertz CT molecular complexity index is 145. The molecule has 0 aliphatic heterocycles. The molecular weight excluding hydrogens is 148 g/mol. The molecule has 0 N–H and O–H groups in total. The van der Waals surface area contributed by atoms with E-state index in [1.165, 1.54) is 0 Å². The van der Waals surface area contributed by atoms with Gasteiger partial charge in [-0.05, 0) is 12.3 Å². The van der Waals surface area contributed by atoms with Crippen LogP contribution in [0.5, 0.6) is 0 Å². The topological polar surface area (TPSA) is 17.1 Å². The molecule has 1 nitrogen and oxygen atoms in total. The van der Waals surface area contributed by atoms with E-state index in [1.807, 2.05) is 0 Å². The molecule has 0 spiro atoms. The van der Waals surface area contributed by atoms with E-state index in [-0.39, 0.29) is 5.41 Å². The van der Waals surface area contributed by atoms with Crippen LogP contribution in [0, 0.1) is 11.3 Å². The van der Waals surface area contributed by atoms with Crippen molar-refractivity contribution >= 4 is 5.78 Å². The average molecular weight is 170 g/mol. The van der Waals surface area contributed by atoms with Crippen LogP contribution in [0.15, 0.2) is 0 Å². The number of Topliss-reactive ketones (excluding diaryl/α,β-unsaturated/α-hetero) is 1. The molecule has 0 aliphatic carbocycles. The van der Waals surface area contributed by atoms with Crippen LogP contribution in [-0.4, -0.2) is 5.78 Å². The number of carbonyl (C=O) groups excluding carboxylic acids is 1. The lowest BCUT2D eigenvalue weighted by Gasteiger charge is -2.27. The molecule has 0 bridgehead atoms. The monoisotopic (exact) mass is 170 g/mol. The van der Waals surface area contributed by atoms with Gasteiger partial charge in [0.15, 0.2) is 0 Å². The number of rotatable bonds is 5. The second-order valence-corrected chi connectivity index (χ2v) is 4.40. The first kappa shape index (κ1) is 11.7. The van der Waals surface area contributed by atoms with Gasteiger partial charge in [-0.2, -0.15) is 0 Å². The van der Waals surface area contributed by atoms with Crippen molar-refractivity contribution in [3.05, 3.63) is 0 Å². The smallest absolute Gasteiger partial charge is 0.138 e. The van der Waals surface area contributed by atoms with Gasteiger partial charge in [0.1, 0.15) is 5.78 Å². The standard InChI is InChI=1S/C11H22O/c1-6-7-8-10(12)11(4,5)9(2)3/h9H,6-8H2,1-5H3. The SMILES string of the molecule is CCCCC(=O)C(C)(C)C(C)C. The second kappa shape index (κ2) is 4.64. The second-order valence-electron chi connectivity index (χ2n) is 4.40. The third-order valence-corrected chi connectivity index (χ3v) is 2.92. The summed E-state index contributed by atoms with van der Waals surface area (Å²) in [5.41, 5.74) is -0.130. The fraction of sp³-hybridized carbons (Fsp3) is 0.909. The maximum atomic E-state index is 11.7. The fourth-order valence-corrected chi connectivity index (χ4v) is 0.981. The van der Waals surface area contributed by atoms with Crippen LogP contribution >= 0.6 is 0 Å². The highest BCUT2D eigenvalue weighted by molar-refractivity contribution is 5.84. The zero-order valence-electron chi connectivity index (χ0n) is 9.11. The third-order valence-electron chi connectivity index (χ3n) is 2.92. The van der Waals surface area contributed by atoms with Crippen LogP contribution in [0.25, 0.3) is 0 Å². The summed E-state index contributed by atoms with van der Waals surface area (Å²) in [6.45, 7) is 10.5. The molecule has 0 saturated heterocycles. The molecule has 0 atom stereocenters. The minimum Gasteiger partial charge on any atom is -0.299 e. The van der Waals surface area contributed by atoms with Crippen LogP contribution in [-0.2, 0) is 4.79 Å². The Morgan fingerprint density at radius 1 is 1.33 bits per heavy atom. The van der Waals surface area contributed by atoms with Crippen molar-refractivity contribution in [2.75, 3.05) is 0 Å². The van der Waals surface area contributed by atoms with Crippen molar-refractivity contribution in [2.24, 2.45) is 11.3 Å². The van der Waals surface area contributed by atoms with Crippen molar-refractivity contribution in [3.8, 4) is 0 Å². The minimum atomic E-state index is -0.130. The van der Waals surface area contributed by atoms with Gasteiger partial charge >= 0.3 is 0 Å². The van der Waals surface area contributed by atoms with E-state index in [9.17, 15) is 4.79 Å². The molecule has 0 fully saturated rings. The zero-order chi connectivity index (χ0) is 9.78. The third kappa shape index (κ3) is 2.96. The molecule has 0 rings (SSSR count). The average Bonchev–Trinajstić information content (AvgIpc) is 1.99. The van der Waals surface area contributed by atoms with Gasteiger partial charge in [0.05, 0.1) is 0 Å². The van der Waals surface area contributed by atoms with Gasteiger partial charge in [-0.3, -0.25) is 4.79 Å². The molecule has 12 heavy (non-hydrogen) atoms. The molecule has 0 aliphatic rings. The van der Waals surface area contributed by atoms with Gasteiger partial charge in [-0.25, -0.2) is 0 Å². The lowest BCUT2D eigenvalue weighted by atomic mass is 9.76. The maximum absolute atomic E-state index is 11.7. The van der Waals surface area contributed by atoms with Crippen molar-refractivity contribution in [1.29, 1.82) is 0 Å². The molecule has 0 aromatic heterocycles. The van der Waals surface area contributed by atoms with Crippen molar-refractivity contribution < 1.29 is 4.79 Å². The molecule has 0 heterocycles. The van der Waals surface area contributed by atoms with Crippen LogP contribution in [0.2, 0.25) is 0 Å². The van der Waals surface area contributed by atoms with E-state index >= 15 is 0 Å². The van der Waals surface area contributed by atoms with Crippen LogP contribution in [0.1, 0.15) is 53.9 Å². The van der Waals surface area contributed by atoms with E-state index in [0.717, 1.165) is 19.3 Å². The highest BCUT2D eigenvalue weighted by Crippen LogP contribution is 2.28. The van der Waals surface area contributed by atoms with Gasteiger partial charge < -0.3 is 0 Å². The normalized spacial score (nSPS) is 12.2. The highest BCUT2D eigenvalue weighted by Gasteiger charge is 2.29. The lowest BCUT2D eigenvalue weighted by molar-refractivity contribution is -0.129. The summed E-state index contributed by atoms with van der Waals surface area (Å²) in [6, 6.07) is 0. The number of hydrogen-bond donors (Lipinski definition) is 0. The van der Waals surface area contributed by atoms with E-state index in [4.69, 9.17) is 0 Å². The molecule has 0 amide bonds. The summed E-state index contributed by atoms with van der Waals surface area (Å²) in [7, 11) is 0. The van der Waals surface area contributed by atoms with Gasteiger partial charge in [0, 0.05) is 11.8 Å². The summed E-state index contributed by atoms with van der Waals surface area (Å²) >= 11 is 0. The molecule has 0 aromatic carbocycles. The first-order valence-corrected chi connectivity index (χ1v) is 4.96. The summed E-state index contributed by atoms with van der Waals surface area (Å²) in [5, 5.41) is 0. The molecule has 0 aromatic rings. The van der Waals surface area contributed by atoms with E-state index in [1.54, 1.807) is 0 Å². The Kier molecular flexibility index (Phi) is 4.51. The van der Waals surface area contributed by atoms with E-state index in [2.05, 4.69) is 34.6 Å². The Morgan fingerprint density at radius 2 is 1.83 bits per heavy atom. The number of ketones is 1. The molecular formula is C11H22O. The summed E-state index contributed by atoms with van der Waals surface area (Å²) in [6.07, 6.45) is 2.90. The van der Waals surface area contributed by atoms with Gasteiger partial charge in [-0.1, -0.05) is 41.0 Å². The van der Waals surface area contributed by atoms with Crippen LogP contribution in [0.3, 0.4) is 0 Å². The van der Waals surface area contributed by atoms with Gasteiger partial charge in [0.25, 0.3) is 0 Å². The Morgan fingerprint density at radius 3 is 2.17 bits per heavy atom. The summed E-state index contributed by atoms with van der Waals surface area (Å²) < 4.78 is 0. The summed E-state index contributed by atoms with van der Waals surface area (Å²) in [4.78, 5) is 11.7. The molecule has 0 saturated carbocycles. The Balaban J connectivity index is 4.07. The van der Waals surface area contributed by atoms with Crippen molar-refractivity contribution in [1.82, 2.24) is 0 Å².